The number of hydrogen-bond acceptors (Lipinski definition) is 2. The van der Waals surface area contributed by atoms with Gasteiger partial charge in [-0.1, -0.05) is 19.9 Å². The van der Waals surface area contributed by atoms with Crippen LogP contribution >= 0.6 is 0 Å². The Kier molecular flexibility index (Phi) is 3.04. The smallest absolute Gasteiger partial charge is 0.158 e. The van der Waals surface area contributed by atoms with Gasteiger partial charge < -0.3 is 4.57 Å². The molecule has 0 bridgehead atoms. The summed E-state index contributed by atoms with van der Waals surface area (Å²) in [5, 5.41) is 0. The molecule has 0 aliphatic heterocycles. The molecule has 2 aromatic rings. The summed E-state index contributed by atoms with van der Waals surface area (Å²) in [6.07, 6.45) is 3.81. The zero-order valence-corrected chi connectivity index (χ0v) is 10.0. The highest BCUT2D eigenvalue weighted by molar-refractivity contribution is 5.50. The summed E-state index contributed by atoms with van der Waals surface area (Å²) >= 11 is 0. The molecule has 2 rings (SSSR count). The fourth-order valence-corrected chi connectivity index (χ4v) is 1.70. The Morgan fingerprint density at radius 1 is 1.31 bits per heavy atom. The highest BCUT2D eigenvalue weighted by Crippen LogP contribution is 2.18. The second-order valence-corrected chi connectivity index (χ2v) is 4.14. The molecule has 0 saturated heterocycles. The first-order valence-electron chi connectivity index (χ1n) is 5.70. The van der Waals surface area contributed by atoms with Crippen LogP contribution < -0.4 is 0 Å². The van der Waals surface area contributed by atoms with Crippen molar-refractivity contribution in [3.8, 4) is 11.5 Å². The van der Waals surface area contributed by atoms with E-state index in [4.69, 9.17) is 0 Å². The molecule has 16 heavy (non-hydrogen) atoms. The molecule has 3 heteroatoms. The van der Waals surface area contributed by atoms with Gasteiger partial charge in [0.25, 0.3) is 0 Å². The molecular weight excluding hydrogens is 198 g/mol. The van der Waals surface area contributed by atoms with Crippen LogP contribution in [0.2, 0.25) is 0 Å². The first-order chi connectivity index (χ1) is 7.72. The minimum atomic E-state index is 0.449. The molecule has 0 amide bonds. The summed E-state index contributed by atoms with van der Waals surface area (Å²) in [5.74, 6) is 1.40. The van der Waals surface area contributed by atoms with E-state index in [0.717, 1.165) is 23.8 Å². The molecule has 2 heterocycles. The molecule has 0 fully saturated rings. The fraction of sp³-hybridized carbons (Fsp3) is 0.385. The molecule has 0 spiro atoms. The number of aromatic nitrogens is 3. The van der Waals surface area contributed by atoms with Crippen molar-refractivity contribution in [3.05, 3.63) is 36.3 Å². The van der Waals surface area contributed by atoms with Crippen molar-refractivity contribution in [2.24, 2.45) is 0 Å². The van der Waals surface area contributed by atoms with Gasteiger partial charge in [0.1, 0.15) is 5.69 Å². The predicted octanol–water partition coefficient (Wildman–Crippen LogP) is 3.09. The Bertz CT molecular complexity index is 472. The Balaban J connectivity index is 2.44. The maximum Gasteiger partial charge on any atom is 0.158 e. The van der Waals surface area contributed by atoms with Crippen LogP contribution in [0.3, 0.4) is 0 Å². The van der Waals surface area contributed by atoms with Gasteiger partial charge in [-0.05, 0) is 25.0 Å². The number of nitrogens with zero attached hydrogens (tertiary/aromatic N) is 3. The van der Waals surface area contributed by atoms with Crippen molar-refractivity contribution in [1.82, 2.24) is 14.5 Å². The summed E-state index contributed by atoms with van der Waals surface area (Å²) in [6, 6.07) is 6.13. The third-order valence-electron chi connectivity index (χ3n) is 2.65. The standard InChI is InChI=1S/C13H17N3/c1-4-16-9-8-14-13(16)12-7-5-6-11(15-12)10(2)3/h5-10H,4H2,1-3H3. The van der Waals surface area contributed by atoms with E-state index in [1.807, 2.05) is 24.5 Å². The third kappa shape index (κ3) is 1.98. The van der Waals surface area contributed by atoms with E-state index in [0.29, 0.717) is 5.92 Å². The summed E-state index contributed by atoms with van der Waals surface area (Å²) in [7, 11) is 0. The lowest BCUT2D eigenvalue weighted by Gasteiger charge is -2.08. The molecule has 2 aromatic heterocycles. The molecule has 0 unspecified atom stereocenters. The van der Waals surface area contributed by atoms with E-state index in [-0.39, 0.29) is 0 Å². The second-order valence-electron chi connectivity index (χ2n) is 4.14. The average Bonchev–Trinajstić information content (AvgIpc) is 2.77. The highest BCUT2D eigenvalue weighted by atomic mass is 15.1. The molecule has 0 radical (unpaired) electrons. The lowest BCUT2D eigenvalue weighted by atomic mass is 10.1. The average molecular weight is 215 g/mol. The Morgan fingerprint density at radius 2 is 2.12 bits per heavy atom. The molecule has 0 saturated carbocycles. The van der Waals surface area contributed by atoms with Crippen LogP contribution in [0.5, 0.6) is 0 Å². The highest BCUT2D eigenvalue weighted by Gasteiger charge is 2.08. The van der Waals surface area contributed by atoms with E-state index < -0.39 is 0 Å². The van der Waals surface area contributed by atoms with E-state index in [9.17, 15) is 0 Å². The van der Waals surface area contributed by atoms with Gasteiger partial charge >= 0.3 is 0 Å². The Morgan fingerprint density at radius 3 is 2.81 bits per heavy atom. The van der Waals surface area contributed by atoms with Crippen LogP contribution in [0.15, 0.2) is 30.6 Å². The number of pyridine rings is 1. The number of aryl methyl sites for hydroxylation is 1. The summed E-state index contributed by atoms with van der Waals surface area (Å²) in [6.45, 7) is 7.33. The van der Waals surface area contributed by atoms with Gasteiger partial charge in [-0.25, -0.2) is 9.97 Å². The van der Waals surface area contributed by atoms with Crippen LogP contribution in [0.1, 0.15) is 32.4 Å². The summed E-state index contributed by atoms with van der Waals surface area (Å²) in [4.78, 5) is 9.00. The van der Waals surface area contributed by atoms with Crippen molar-refractivity contribution in [2.45, 2.75) is 33.2 Å². The van der Waals surface area contributed by atoms with Crippen molar-refractivity contribution in [3.63, 3.8) is 0 Å². The third-order valence-corrected chi connectivity index (χ3v) is 2.65. The van der Waals surface area contributed by atoms with Crippen molar-refractivity contribution in [1.29, 1.82) is 0 Å². The van der Waals surface area contributed by atoms with Gasteiger partial charge in [-0.3, -0.25) is 0 Å². The van der Waals surface area contributed by atoms with Crippen LogP contribution in [0, 0.1) is 0 Å². The molecule has 0 atom stereocenters. The van der Waals surface area contributed by atoms with Gasteiger partial charge in [-0.2, -0.15) is 0 Å². The van der Waals surface area contributed by atoms with Gasteiger partial charge in [0.05, 0.1) is 0 Å². The van der Waals surface area contributed by atoms with E-state index in [1.165, 1.54) is 0 Å². The number of rotatable bonds is 3. The molecule has 0 N–H and O–H groups in total. The second kappa shape index (κ2) is 4.47. The minimum absolute atomic E-state index is 0.449. The topological polar surface area (TPSA) is 30.7 Å². The quantitative estimate of drug-likeness (QED) is 0.787. The largest absolute Gasteiger partial charge is 0.330 e. The van der Waals surface area contributed by atoms with Crippen LogP contribution in [-0.2, 0) is 6.54 Å². The summed E-state index contributed by atoms with van der Waals surface area (Å²) in [5.41, 5.74) is 2.07. The molecule has 0 aliphatic carbocycles. The SMILES string of the molecule is CCn1ccnc1-c1cccc(C(C)C)n1. The first-order valence-corrected chi connectivity index (χ1v) is 5.70. The van der Waals surface area contributed by atoms with E-state index >= 15 is 0 Å². The lowest BCUT2D eigenvalue weighted by Crippen LogP contribution is -2.00. The van der Waals surface area contributed by atoms with Crippen molar-refractivity contribution < 1.29 is 0 Å². The monoisotopic (exact) mass is 215 g/mol. The van der Waals surface area contributed by atoms with Crippen molar-refractivity contribution >= 4 is 0 Å². The molecule has 3 nitrogen and oxygen atoms in total. The molecule has 0 aliphatic rings. The number of hydrogen-bond donors (Lipinski definition) is 0. The van der Waals surface area contributed by atoms with Gasteiger partial charge in [0.15, 0.2) is 5.82 Å². The van der Waals surface area contributed by atoms with Crippen LogP contribution in [-0.4, -0.2) is 14.5 Å². The summed E-state index contributed by atoms with van der Waals surface area (Å²) < 4.78 is 2.10. The molecular formula is C13H17N3. The Hall–Kier alpha value is -1.64. The van der Waals surface area contributed by atoms with Crippen molar-refractivity contribution in [2.75, 3.05) is 0 Å². The Labute approximate surface area is 96.2 Å². The zero-order chi connectivity index (χ0) is 11.5. The lowest BCUT2D eigenvalue weighted by molar-refractivity contribution is 0.763. The van der Waals surface area contributed by atoms with Gasteiger partial charge in [0, 0.05) is 24.6 Å². The van der Waals surface area contributed by atoms with Gasteiger partial charge in [-0.15, -0.1) is 0 Å². The maximum absolute atomic E-state index is 4.64. The molecule has 84 valence electrons. The van der Waals surface area contributed by atoms with E-state index in [1.54, 1.807) is 0 Å². The number of imidazole rings is 1. The fourth-order valence-electron chi connectivity index (χ4n) is 1.70. The first kappa shape index (κ1) is 10.9. The van der Waals surface area contributed by atoms with Gasteiger partial charge in [0.2, 0.25) is 0 Å². The normalized spacial score (nSPS) is 11.0. The maximum atomic E-state index is 4.64. The van der Waals surface area contributed by atoms with E-state index in [2.05, 4.69) is 41.4 Å². The molecule has 0 aromatic carbocycles. The van der Waals surface area contributed by atoms with Crippen LogP contribution in [0.4, 0.5) is 0 Å². The minimum Gasteiger partial charge on any atom is -0.330 e. The predicted molar refractivity (Wildman–Crippen MR) is 65.2 cm³/mol. The zero-order valence-electron chi connectivity index (χ0n) is 10.0. The van der Waals surface area contributed by atoms with Crippen LogP contribution in [0.25, 0.3) is 11.5 Å².